The zero-order chi connectivity index (χ0) is 6.81. The van der Waals surface area contributed by atoms with Crippen LogP contribution in [0.25, 0.3) is 0 Å². The van der Waals surface area contributed by atoms with Crippen LogP contribution in [-0.4, -0.2) is 25.3 Å². The highest BCUT2D eigenvalue weighted by Gasteiger charge is 2.22. The van der Waals surface area contributed by atoms with E-state index in [-0.39, 0.29) is 0 Å². The highest BCUT2D eigenvalue weighted by atomic mass is 16.6. The summed E-state index contributed by atoms with van der Waals surface area (Å²) in [4.78, 5) is 0. The number of nitrogens with one attached hydrogen (secondary N) is 1. The second-order valence-corrected chi connectivity index (χ2v) is 3.34. The summed E-state index contributed by atoms with van der Waals surface area (Å²) in [6.07, 6.45) is 6.08. The molecule has 2 rings (SSSR count). The molecule has 2 unspecified atom stereocenters. The SMILES string of the molecule is C(CCC1CO1)CC1CN1. The van der Waals surface area contributed by atoms with Crippen molar-refractivity contribution in [3.8, 4) is 0 Å². The molecule has 0 saturated carbocycles. The van der Waals surface area contributed by atoms with Gasteiger partial charge in [0.05, 0.1) is 12.7 Å². The van der Waals surface area contributed by atoms with Gasteiger partial charge in [0.1, 0.15) is 0 Å². The summed E-state index contributed by atoms with van der Waals surface area (Å²) in [6, 6.07) is 0.875. The third kappa shape index (κ3) is 2.27. The molecule has 0 radical (unpaired) electrons. The minimum absolute atomic E-state index is 0.646. The first-order chi connectivity index (χ1) is 4.95. The van der Waals surface area contributed by atoms with Crippen molar-refractivity contribution in [1.29, 1.82) is 0 Å². The van der Waals surface area contributed by atoms with Crippen molar-refractivity contribution in [3.05, 3.63) is 0 Å². The van der Waals surface area contributed by atoms with Crippen molar-refractivity contribution >= 4 is 0 Å². The summed E-state index contributed by atoms with van der Waals surface area (Å²) in [5, 5.41) is 3.31. The second-order valence-electron chi connectivity index (χ2n) is 3.34. The Hall–Kier alpha value is -0.0800. The van der Waals surface area contributed by atoms with Crippen LogP contribution in [0.5, 0.6) is 0 Å². The van der Waals surface area contributed by atoms with E-state index in [2.05, 4.69) is 5.32 Å². The minimum Gasteiger partial charge on any atom is -0.373 e. The van der Waals surface area contributed by atoms with Gasteiger partial charge in [0.15, 0.2) is 0 Å². The lowest BCUT2D eigenvalue weighted by atomic mass is 10.1. The standard InChI is InChI=1S/C8H15NO/c1(3-7-5-9-7)2-4-8-6-10-8/h7-9H,1-6H2. The number of ether oxygens (including phenoxy) is 1. The quantitative estimate of drug-likeness (QED) is 0.456. The second kappa shape index (κ2) is 2.89. The van der Waals surface area contributed by atoms with E-state index in [0.717, 1.165) is 12.6 Å². The van der Waals surface area contributed by atoms with E-state index >= 15 is 0 Å². The summed E-state index contributed by atoms with van der Waals surface area (Å²) >= 11 is 0. The van der Waals surface area contributed by atoms with E-state index in [4.69, 9.17) is 4.74 Å². The Morgan fingerprint density at radius 2 is 2.00 bits per heavy atom. The fraction of sp³-hybridized carbons (Fsp3) is 1.00. The minimum atomic E-state index is 0.646. The number of hydrogen-bond donors (Lipinski definition) is 1. The van der Waals surface area contributed by atoms with Crippen LogP contribution in [0.1, 0.15) is 25.7 Å². The first kappa shape index (κ1) is 6.62. The van der Waals surface area contributed by atoms with Crippen LogP contribution in [0, 0.1) is 0 Å². The molecule has 0 bridgehead atoms. The van der Waals surface area contributed by atoms with Gasteiger partial charge in [-0.1, -0.05) is 12.8 Å². The fourth-order valence-corrected chi connectivity index (χ4v) is 1.28. The van der Waals surface area contributed by atoms with E-state index in [1.54, 1.807) is 0 Å². The van der Waals surface area contributed by atoms with Gasteiger partial charge in [-0.3, -0.25) is 0 Å². The van der Waals surface area contributed by atoms with Gasteiger partial charge in [0, 0.05) is 12.6 Å². The predicted octanol–water partition coefficient (Wildman–Crippen LogP) is 0.917. The van der Waals surface area contributed by atoms with Gasteiger partial charge < -0.3 is 10.1 Å². The molecular weight excluding hydrogens is 126 g/mol. The number of hydrogen-bond acceptors (Lipinski definition) is 2. The van der Waals surface area contributed by atoms with Crippen molar-refractivity contribution in [2.45, 2.75) is 37.8 Å². The van der Waals surface area contributed by atoms with E-state index in [9.17, 15) is 0 Å². The van der Waals surface area contributed by atoms with Crippen molar-refractivity contribution in [3.63, 3.8) is 0 Å². The summed E-state index contributed by atoms with van der Waals surface area (Å²) in [7, 11) is 0. The zero-order valence-corrected chi connectivity index (χ0v) is 6.31. The first-order valence-electron chi connectivity index (χ1n) is 4.30. The summed E-state index contributed by atoms with van der Waals surface area (Å²) in [5.41, 5.74) is 0. The molecule has 1 N–H and O–H groups in total. The van der Waals surface area contributed by atoms with E-state index in [1.165, 1.54) is 32.2 Å². The number of unbranched alkanes of at least 4 members (excludes halogenated alkanes) is 1. The summed E-state index contributed by atoms with van der Waals surface area (Å²) in [6.45, 7) is 2.29. The highest BCUT2D eigenvalue weighted by Crippen LogP contribution is 2.18. The zero-order valence-electron chi connectivity index (χ0n) is 6.31. The maximum atomic E-state index is 5.12. The van der Waals surface area contributed by atoms with Crippen molar-refractivity contribution in [2.24, 2.45) is 0 Å². The third-order valence-corrected chi connectivity index (χ3v) is 2.22. The van der Waals surface area contributed by atoms with Gasteiger partial charge in [-0.05, 0) is 12.8 Å². The molecule has 10 heavy (non-hydrogen) atoms. The van der Waals surface area contributed by atoms with Gasteiger partial charge >= 0.3 is 0 Å². The molecule has 2 nitrogen and oxygen atoms in total. The van der Waals surface area contributed by atoms with Gasteiger partial charge in [-0.2, -0.15) is 0 Å². The Balaban J connectivity index is 1.40. The van der Waals surface area contributed by atoms with E-state index < -0.39 is 0 Å². The molecule has 2 fully saturated rings. The molecule has 0 aliphatic carbocycles. The molecule has 0 aromatic carbocycles. The van der Waals surface area contributed by atoms with Gasteiger partial charge in [0.25, 0.3) is 0 Å². The molecule has 2 heteroatoms. The largest absolute Gasteiger partial charge is 0.373 e. The van der Waals surface area contributed by atoms with Crippen molar-refractivity contribution < 1.29 is 4.74 Å². The molecule has 0 aromatic heterocycles. The molecular formula is C8H15NO. The smallest absolute Gasteiger partial charge is 0.0810 e. The average molecular weight is 141 g/mol. The topological polar surface area (TPSA) is 34.5 Å². The molecule has 2 atom stereocenters. The molecule has 0 spiro atoms. The molecule has 0 aromatic rings. The third-order valence-electron chi connectivity index (χ3n) is 2.22. The van der Waals surface area contributed by atoms with Crippen LogP contribution in [0.4, 0.5) is 0 Å². The Morgan fingerprint density at radius 1 is 1.30 bits per heavy atom. The number of rotatable bonds is 5. The summed E-state index contributed by atoms with van der Waals surface area (Å²) in [5.74, 6) is 0. The lowest BCUT2D eigenvalue weighted by molar-refractivity contribution is 0.388. The van der Waals surface area contributed by atoms with Gasteiger partial charge in [-0.15, -0.1) is 0 Å². The molecule has 2 heterocycles. The maximum absolute atomic E-state index is 5.12. The van der Waals surface area contributed by atoms with Crippen LogP contribution < -0.4 is 5.32 Å². The first-order valence-corrected chi connectivity index (χ1v) is 4.30. The summed E-state index contributed by atoms with van der Waals surface area (Å²) < 4.78 is 5.12. The predicted molar refractivity (Wildman–Crippen MR) is 40.0 cm³/mol. The Kier molecular flexibility index (Phi) is 1.91. The van der Waals surface area contributed by atoms with Crippen molar-refractivity contribution in [2.75, 3.05) is 13.2 Å². The van der Waals surface area contributed by atoms with Gasteiger partial charge in [0.2, 0.25) is 0 Å². The van der Waals surface area contributed by atoms with Gasteiger partial charge in [-0.25, -0.2) is 0 Å². The van der Waals surface area contributed by atoms with Crippen LogP contribution in [0.2, 0.25) is 0 Å². The number of epoxide rings is 1. The Morgan fingerprint density at radius 3 is 2.60 bits per heavy atom. The average Bonchev–Trinajstić information content (AvgIpc) is 2.77. The Bertz CT molecular complexity index is 93.8. The van der Waals surface area contributed by atoms with E-state index in [1.807, 2.05) is 0 Å². The molecule has 58 valence electrons. The van der Waals surface area contributed by atoms with Crippen molar-refractivity contribution in [1.82, 2.24) is 5.32 Å². The maximum Gasteiger partial charge on any atom is 0.0810 e. The molecule has 2 saturated heterocycles. The highest BCUT2D eigenvalue weighted by molar-refractivity contribution is 4.82. The molecule has 2 aliphatic rings. The monoisotopic (exact) mass is 141 g/mol. The van der Waals surface area contributed by atoms with E-state index in [0.29, 0.717) is 6.10 Å². The Labute approximate surface area is 61.9 Å². The van der Waals surface area contributed by atoms with Crippen LogP contribution in [0.15, 0.2) is 0 Å². The normalized spacial score (nSPS) is 36.0. The lowest BCUT2D eigenvalue weighted by Gasteiger charge is -1.94. The van der Waals surface area contributed by atoms with Crippen LogP contribution in [0.3, 0.4) is 0 Å². The van der Waals surface area contributed by atoms with Crippen LogP contribution in [-0.2, 0) is 4.74 Å². The lowest BCUT2D eigenvalue weighted by Crippen LogP contribution is -1.91. The molecule has 2 aliphatic heterocycles. The van der Waals surface area contributed by atoms with Crippen LogP contribution >= 0.6 is 0 Å². The fourth-order valence-electron chi connectivity index (χ4n) is 1.28. The molecule has 0 amide bonds.